The Balaban J connectivity index is 2.22. The zero-order valence-corrected chi connectivity index (χ0v) is 54.0. The first-order valence-corrected chi connectivity index (χ1v) is 36.8. The van der Waals surface area contributed by atoms with E-state index < -0.39 is 59.9 Å². The van der Waals surface area contributed by atoms with Crippen LogP contribution in [-0.2, 0) is 28.9 Å². The fourth-order valence-corrected chi connectivity index (χ4v) is 12.5. The van der Waals surface area contributed by atoms with Crippen LogP contribution in [0.4, 0.5) is 0 Å². The van der Waals surface area contributed by atoms with Crippen LogP contribution in [0.1, 0.15) is 373 Å². The summed E-state index contributed by atoms with van der Waals surface area (Å²) in [5, 5.41) is 45.4. The van der Waals surface area contributed by atoms with Crippen molar-refractivity contribution in [1.29, 1.82) is 0 Å². The minimum atomic E-state index is -5.08. The van der Waals surface area contributed by atoms with Crippen LogP contribution in [0.3, 0.4) is 0 Å². The first kappa shape index (κ1) is 78.1. The molecule has 484 valence electrons. The smallest absolute Gasteiger partial charge is 0.394 e. The molecule has 1 aliphatic rings. The fraction of sp³-hybridized carbons (Fsp3) is 0.985. The number of carbonyl (C=O) groups excluding carboxylic acids is 1. The average Bonchev–Trinajstić information content (AvgIpc) is 3.48. The zero-order valence-electron chi connectivity index (χ0n) is 53.1. The van der Waals surface area contributed by atoms with Crippen LogP contribution in [-0.4, -0.2) is 95.4 Å². The maximum absolute atomic E-state index is 13.2. The van der Waals surface area contributed by atoms with Gasteiger partial charge in [0.2, 0.25) is 5.91 Å². The van der Waals surface area contributed by atoms with Gasteiger partial charge in [-0.2, -0.15) is 8.42 Å². The second-order valence-corrected chi connectivity index (χ2v) is 26.2. The summed E-state index contributed by atoms with van der Waals surface area (Å²) >= 11 is 0. The highest BCUT2D eigenvalue weighted by atomic mass is 32.3. The predicted octanol–water partition coefficient (Wildman–Crippen LogP) is 18.4. The van der Waals surface area contributed by atoms with E-state index in [0.717, 1.165) is 51.4 Å². The molecule has 0 aromatic heterocycles. The van der Waals surface area contributed by atoms with Crippen molar-refractivity contribution < 1.29 is 51.8 Å². The molecule has 0 spiro atoms. The van der Waals surface area contributed by atoms with Crippen molar-refractivity contribution in [1.82, 2.24) is 5.32 Å². The second kappa shape index (κ2) is 58.1. The molecule has 1 amide bonds. The molecule has 0 aromatic carbocycles. The van der Waals surface area contributed by atoms with Gasteiger partial charge in [-0.25, -0.2) is 4.18 Å². The molecule has 0 saturated carbocycles. The molecule has 6 N–H and O–H groups in total. The first-order valence-electron chi connectivity index (χ1n) is 35.4. The van der Waals surface area contributed by atoms with E-state index in [1.54, 1.807) is 0 Å². The molecule has 0 aromatic rings. The summed E-state index contributed by atoms with van der Waals surface area (Å²) in [6.07, 6.45) is 62.8. The van der Waals surface area contributed by atoms with Gasteiger partial charge in [-0.1, -0.05) is 354 Å². The number of unbranched alkanes of at least 4 members (excludes halogenated alkanes) is 52. The molecule has 13 heteroatoms. The number of aliphatic hydroxyl groups excluding tert-OH is 4. The average molecular weight is 1170 g/mol. The van der Waals surface area contributed by atoms with E-state index in [4.69, 9.17) is 9.47 Å². The van der Waals surface area contributed by atoms with Crippen LogP contribution in [0.15, 0.2) is 0 Å². The van der Waals surface area contributed by atoms with Crippen LogP contribution >= 0.6 is 0 Å². The van der Waals surface area contributed by atoms with Crippen molar-refractivity contribution in [2.75, 3.05) is 13.2 Å². The SMILES string of the molecule is CCCCCCCCCCCCCCCCCCCCCCCCCCCCCCCC(=O)NC(COC1OC(CO)C(O)C(OS(=O)(=O)O)C1O)C(O)CCCCCCCCCCCCCCCCCCCCCCCCCCC. The summed E-state index contributed by atoms with van der Waals surface area (Å²) in [6, 6.07) is -0.855. The van der Waals surface area contributed by atoms with Crippen LogP contribution in [0.2, 0.25) is 0 Å². The normalized spacial score (nSPS) is 18.4. The van der Waals surface area contributed by atoms with E-state index in [9.17, 15) is 38.2 Å². The minimum Gasteiger partial charge on any atom is -0.394 e. The number of hydrogen-bond acceptors (Lipinski definition) is 10. The van der Waals surface area contributed by atoms with Crippen LogP contribution in [0.25, 0.3) is 0 Å². The third kappa shape index (κ3) is 49.9. The maximum atomic E-state index is 13.2. The third-order valence-corrected chi connectivity index (χ3v) is 17.9. The molecule has 1 fully saturated rings. The maximum Gasteiger partial charge on any atom is 0.397 e. The molecule has 7 atom stereocenters. The van der Waals surface area contributed by atoms with Crippen molar-refractivity contribution >= 4 is 16.3 Å². The standard InChI is InChI=1S/C68H135NO11S/c1-3-5-7-9-11-13-15-17-19-21-23-25-27-29-30-31-32-34-36-38-40-42-44-46-48-50-52-54-56-58-64(72)69-61(60-78-68-66(74)67(80-81(75,76)77)65(73)63(59-70)79-68)62(71)57-55-53-51-49-47-45-43-41-39-37-35-33-28-26-24-22-20-18-16-14-12-10-8-6-4-2/h61-63,65-68,70-71,73-74H,3-60H2,1-2H3,(H,69,72)(H,75,76,77). The Morgan fingerprint density at radius 3 is 0.988 bits per heavy atom. The molecule has 1 heterocycles. The molecular weight excluding hydrogens is 1040 g/mol. The highest BCUT2D eigenvalue weighted by Gasteiger charge is 2.48. The summed E-state index contributed by atoms with van der Waals surface area (Å²) in [4.78, 5) is 13.2. The number of aliphatic hydroxyl groups is 4. The summed E-state index contributed by atoms with van der Waals surface area (Å²) < 4.78 is 48.1. The van der Waals surface area contributed by atoms with Gasteiger partial charge < -0.3 is 35.2 Å². The van der Waals surface area contributed by atoms with Gasteiger partial charge in [0.1, 0.15) is 24.4 Å². The Labute approximate surface area is 500 Å². The van der Waals surface area contributed by atoms with Crippen molar-refractivity contribution in [3.05, 3.63) is 0 Å². The molecule has 7 unspecified atom stereocenters. The molecule has 0 bridgehead atoms. The molecule has 0 radical (unpaired) electrons. The number of hydrogen-bond donors (Lipinski definition) is 6. The number of amides is 1. The molecule has 81 heavy (non-hydrogen) atoms. The lowest BCUT2D eigenvalue weighted by Gasteiger charge is -2.41. The number of nitrogens with one attached hydrogen (secondary N) is 1. The Hall–Kier alpha value is -0.900. The lowest BCUT2D eigenvalue weighted by atomic mass is 9.99. The second-order valence-electron chi connectivity index (χ2n) is 25.2. The van der Waals surface area contributed by atoms with Crippen LogP contribution < -0.4 is 5.32 Å². The predicted molar refractivity (Wildman–Crippen MR) is 338 cm³/mol. The molecule has 0 aliphatic carbocycles. The van der Waals surface area contributed by atoms with Gasteiger partial charge in [-0.05, 0) is 12.8 Å². The van der Waals surface area contributed by atoms with Gasteiger partial charge in [0, 0.05) is 6.42 Å². The third-order valence-electron chi connectivity index (χ3n) is 17.4. The monoisotopic (exact) mass is 1170 g/mol. The summed E-state index contributed by atoms with van der Waals surface area (Å²) in [5.74, 6) is -0.219. The van der Waals surface area contributed by atoms with Crippen molar-refractivity contribution in [2.45, 2.75) is 416 Å². The van der Waals surface area contributed by atoms with Crippen molar-refractivity contribution in [2.24, 2.45) is 0 Å². The van der Waals surface area contributed by atoms with Gasteiger partial charge >= 0.3 is 10.4 Å². The number of ether oxygens (including phenoxy) is 2. The molecule has 1 saturated heterocycles. The molecule has 12 nitrogen and oxygen atoms in total. The van der Waals surface area contributed by atoms with E-state index in [0.29, 0.717) is 12.8 Å². The van der Waals surface area contributed by atoms with E-state index >= 15 is 0 Å². The lowest BCUT2D eigenvalue weighted by molar-refractivity contribution is -0.298. The largest absolute Gasteiger partial charge is 0.397 e. The Kier molecular flexibility index (Phi) is 56.1. The van der Waals surface area contributed by atoms with Crippen molar-refractivity contribution in [3.8, 4) is 0 Å². The van der Waals surface area contributed by atoms with E-state index in [1.807, 2.05) is 0 Å². The van der Waals surface area contributed by atoms with E-state index in [1.165, 1.54) is 295 Å². The quantitative estimate of drug-likeness (QED) is 0.0251. The minimum absolute atomic E-state index is 0.219. The first-order chi connectivity index (χ1) is 39.5. The number of carbonyl (C=O) groups is 1. The number of rotatable bonds is 64. The highest BCUT2D eigenvalue weighted by Crippen LogP contribution is 2.27. The van der Waals surface area contributed by atoms with Crippen LogP contribution in [0, 0.1) is 0 Å². The van der Waals surface area contributed by atoms with Gasteiger partial charge in [-0.3, -0.25) is 9.35 Å². The summed E-state index contributed by atoms with van der Waals surface area (Å²) in [7, 11) is -5.08. The Morgan fingerprint density at radius 1 is 0.444 bits per heavy atom. The molecule has 1 aliphatic heterocycles. The van der Waals surface area contributed by atoms with E-state index in [-0.39, 0.29) is 12.5 Å². The summed E-state index contributed by atoms with van der Waals surface area (Å²) in [6.45, 7) is 3.54. The Bertz CT molecular complexity index is 1430. The van der Waals surface area contributed by atoms with E-state index in [2.05, 4.69) is 23.3 Å². The Morgan fingerprint density at radius 2 is 0.716 bits per heavy atom. The summed E-state index contributed by atoms with van der Waals surface area (Å²) in [5.41, 5.74) is 0. The van der Waals surface area contributed by atoms with Crippen molar-refractivity contribution in [3.63, 3.8) is 0 Å². The molecule has 1 rings (SSSR count). The van der Waals surface area contributed by atoms with Crippen LogP contribution in [0.5, 0.6) is 0 Å². The van der Waals surface area contributed by atoms with Gasteiger partial charge in [0.05, 0.1) is 25.4 Å². The highest BCUT2D eigenvalue weighted by molar-refractivity contribution is 7.80. The lowest BCUT2D eigenvalue weighted by Crippen LogP contribution is -2.61. The fourth-order valence-electron chi connectivity index (χ4n) is 12.0. The van der Waals surface area contributed by atoms with Gasteiger partial charge in [0.15, 0.2) is 6.29 Å². The van der Waals surface area contributed by atoms with Gasteiger partial charge in [0.25, 0.3) is 0 Å². The van der Waals surface area contributed by atoms with Gasteiger partial charge in [-0.15, -0.1) is 0 Å². The topological polar surface area (TPSA) is 192 Å². The molecular formula is C68H135NO11S. The zero-order chi connectivity index (χ0) is 59.0.